The van der Waals surface area contributed by atoms with E-state index in [2.05, 4.69) is 23.7 Å². The summed E-state index contributed by atoms with van der Waals surface area (Å²) in [6.45, 7) is 4.15. The summed E-state index contributed by atoms with van der Waals surface area (Å²) < 4.78 is 5.74. The molecule has 0 aliphatic carbocycles. The number of amides is 2. The molecular weight excluding hydrogens is 352 g/mol. The number of hydrogen-bond donors (Lipinski definition) is 1. The Morgan fingerprint density at radius 2 is 2.28 bits per heavy atom. The summed E-state index contributed by atoms with van der Waals surface area (Å²) in [4.78, 5) is 15.9. The summed E-state index contributed by atoms with van der Waals surface area (Å²) in [6.07, 6.45) is 2.24. The van der Waals surface area contributed by atoms with Crippen LogP contribution in [-0.2, 0) is 11.3 Å². The molecule has 3 rings (SSSR count). The van der Waals surface area contributed by atoms with Crippen molar-refractivity contribution in [2.45, 2.75) is 37.3 Å². The van der Waals surface area contributed by atoms with Crippen molar-refractivity contribution >= 4 is 34.8 Å². The smallest absolute Gasteiger partial charge is 0.322 e. The van der Waals surface area contributed by atoms with Gasteiger partial charge >= 0.3 is 6.03 Å². The summed E-state index contributed by atoms with van der Waals surface area (Å²) >= 11 is 3.39. The fourth-order valence-electron chi connectivity index (χ4n) is 2.90. The van der Waals surface area contributed by atoms with Crippen LogP contribution in [0, 0.1) is 0 Å². The Kier molecular flexibility index (Phi) is 6.78. The minimum absolute atomic E-state index is 0.0640. The summed E-state index contributed by atoms with van der Waals surface area (Å²) in [5.74, 6) is 0.974. The van der Waals surface area contributed by atoms with Crippen LogP contribution in [-0.4, -0.2) is 35.9 Å². The van der Waals surface area contributed by atoms with Crippen molar-refractivity contribution in [3.05, 3.63) is 46.7 Å². The quantitative estimate of drug-likeness (QED) is 0.686. The Bertz CT molecular complexity index is 670. The number of nitrogens with zero attached hydrogens (tertiary/aromatic N) is 1. The highest BCUT2D eigenvalue weighted by molar-refractivity contribution is 7.99. The standard InChI is InChI=1S/C19H24N2O2S2/c1-2-25-18-8-4-3-7-17(18)20-19(22)21(12-15-9-11-24-14-15)13-16-6-5-10-23-16/h3-4,7-9,11,14,16H,2,5-6,10,12-13H2,1H3,(H,20,22)/t16-/m0/s1. The number of urea groups is 1. The maximum Gasteiger partial charge on any atom is 0.322 e. The van der Waals surface area contributed by atoms with E-state index in [0.29, 0.717) is 13.1 Å². The first kappa shape index (κ1) is 18.3. The zero-order valence-corrected chi connectivity index (χ0v) is 16.1. The van der Waals surface area contributed by atoms with Crippen molar-refractivity contribution in [1.82, 2.24) is 4.90 Å². The molecular formula is C19H24N2O2S2. The highest BCUT2D eigenvalue weighted by atomic mass is 32.2. The Labute approximate surface area is 157 Å². The van der Waals surface area contributed by atoms with Gasteiger partial charge in [-0.15, -0.1) is 11.8 Å². The second kappa shape index (κ2) is 9.27. The highest BCUT2D eigenvalue weighted by Crippen LogP contribution is 2.27. The molecule has 1 aromatic carbocycles. The van der Waals surface area contributed by atoms with Gasteiger partial charge in [-0.1, -0.05) is 19.1 Å². The molecule has 1 aliphatic heterocycles. The number of carbonyl (C=O) groups is 1. The maximum absolute atomic E-state index is 12.9. The van der Waals surface area contributed by atoms with Crippen LogP contribution in [0.25, 0.3) is 0 Å². The van der Waals surface area contributed by atoms with E-state index in [0.717, 1.165) is 41.3 Å². The number of thioether (sulfide) groups is 1. The predicted molar refractivity (Wildman–Crippen MR) is 106 cm³/mol. The number of anilines is 1. The van der Waals surface area contributed by atoms with Gasteiger partial charge < -0.3 is 15.0 Å². The largest absolute Gasteiger partial charge is 0.376 e. The molecule has 4 nitrogen and oxygen atoms in total. The molecule has 2 heterocycles. The lowest BCUT2D eigenvalue weighted by Gasteiger charge is -2.26. The molecule has 25 heavy (non-hydrogen) atoms. The third-order valence-electron chi connectivity index (χ3n) is 4.12. The van der Waals surface area contributed by atoms with E-state index in [1.165, 1.54) is 0 Å². The van der Waals surface area contributed by atoms with Crippen LogP contribution in [0.15, 0.2) is 46.0 Å². The second-order valence-electron chi connectivity index (χ2n) is 6.01. The molecule has 2 amide bonds. The molecule has 0 spiro atoms. The molecule has 0 radical (unpaired) electrons. The molecule has 1 aliphatic rings. The van der Waals surface area contributed by atoms with Crippen molar-refractivity contribution in [1.29, 1.82) is 0 Å². The molecule has 1 atom stereocenters. The molecule has 1 saturated heterocycles. The zero-order chi connectivity index (χ0) is 17.5. The van der Waals surface area contributed by atoms with E-state index in [-0.39, 0.29) is 12.1 Å². The Morgan fingerprint density at radius 3 is 3.00 bits per heavy atom. The van der Waals surface area contributed by atoms with Crippen molar-refractivity contribution < 1.29 is 9.53 Å². The van der Waals surface area contributed by atoms with Crippen LogP contribution in [0.4, 0.5) is 10.5 Å². The van der Waals surface area contributed by atoms with Crippen molar-refractivity contribution in [2.75, 3.05) is 24.2 Å². The average molecular weight is 377 g/mol. The first-order chi connectivity index (χ1) is 12.3. The minimum Gasteiger partial charge on any atom is -0.376 e. The molecule has 1 fully saturated rings. The third kappa shape index (κ3) is 5.23. The number of para-hydroxylation sites is 1. The lowest BCUT2D eigenvalue weighted by molar-refractivity contribution is 0.0819. The van der Waals surface area contributed by atoms with Gasteiger partial charge in [0, 0.05) is 24.6 Å². The molecule has 1 N–H and O–H groups in total. The molecule has 0 saturated carbocycles. The fourth-order valence-corrected chi connectivity index (χ4v) is 4.32. The summed E-state index contributed by atoms with van der Waals surface area (Å²) in [6, 6.07) is 9.98. The highest BCUT2D eigenvalue weighted by Gasteiger charge is 2.23. The molecule has 134 valence electrons. The lowest BCUT2D eigenvalue weighted by Crippen LogP contribution is -2.39. The van der Waals surface area contributed by atoms with Crippen LogP contribution in [0.2, 0.25) is 0 Å². The monoisotopic (exact) mass is 376 g/mol. The van der Waals surface area contributed by atoms with E-state index >= 15 is 0 Å². The number of rotatable bonds is 7. The second-order valence-corrected chi connectivity index (χ2v) is 8.09. The van der Waals surface area contributed by atoms with Gasteiger partial charge in [-0.25, -0.2) is 4.79 Å². The van der Waals surface area contributed by atoms with Gasteiger partial charge in [0.1, 0.15) is 0 Å². The first-order valence-corrected chi connectivity index (χ1v) is 10.6. The number of hydrogen-bond acceptors (Lipinski definition) is 4. The van der Waals surface area contributed by atoms with Crippen LogP contribution < -0.4 is 5.32 Å². The number of benzene rings is 1. The van der Waals surface area contributed by atoms with Crippen LogP contribution in [0.5, 0.6) is 0 Å². The van der Waals surface area contributed by atoms with E-state index < -0.39 is 0 Å². The Balaban J connectivity index is 1.71. The fraction of sp³-hybridized carbons (Fsp3) is 0.421. The number of ether oxygens (including phenoxy) is 1. The molecule has 0 bridgehead atoms. The predicted octanol–water partition coefficient (Wildman–Crippen LogP) is 5.07. The van der Waals surface area contributed by atoms with Gasteiger partial charge in [-0.05, 0) is 53.1 Å². The average Bonchev–Trinajstić information content (AvgIpc) is 3.30. The van der Waals surface area contributed by atoms with Crippen LogP contribution in [0.1, 0.15) is 25.3 Å². The summed E-state index contributed by atoms with van der Waals surface area (Å²) in [5, 5.41) is 7.24. The zero-order valence-electron chi connectivity index (χ0n) is 14.4. The van der Waals surface area contributed by atoms with E-state index in [1.807, 2.05) is 34.5 Å². The Hall–Kier alpha value is -1.50. The molecule has 1 aromatic heterocycles. The van der Waals surface area contributed by atoms with Crippen molar-refractivity contribution in [2.24, 2.45) is 0 Å². The molecule has 2 aromatic rings. The summed E-state index contributed by atoms with van der Waals surface area (Å²) in [5.41, 5.74) is 2.04. The summed E-state index contributed by atoms with van der Waals surface area (Å²) in [7, 11) is 0. The van der Waals surface area contributed by atoms with Crippen molar-refractivity contribution in [3.8, 4) is 0 Å². The van der Waals surface area contributed by atoms with E-state index in [4.69, 9.17) is 4.74 Å². The van der Waals surface area contributed by atoms with Gasteiger partial charge in [0.2, 0.25) is 0 Å². The SMILES string of the molecule is CCSc1ccccc1NC(=O)N(Cc1ccsc1)C[C@@H]1CCCO1. The Morgan fingerprint density at radius 1 is 1.40 bits per heavy atom. The van der Waals surface area contributed by atoms with Gasteiger partial charge in [-0.3, -0.25) is 0 Å². The van der Waals surface area contributed by atoms with E-state index in [1.54, 1.807) is 23.1 Å². The van der Waals surface area contributed by atoms with Gasteiger partial charge in [-0.2, -0.15) is 11.3 Å². The van der Waals surface area contributed by atoms with Crippen LogP contribution in [0.3, 0.4) is 0 Å². The van der Waals surface area contributed by atoms with E-state index in [9.17, 15) is 4.79 Å². The van der Waals surface area contributed by atoms with Crippen LogP contribution >= 0.6 is 23.1 Å². The first-order valence-electron chi connectivity index (χ1n) is 8.66. The minimum atomic E-state index is -0.0640. The number of thiophene rings is 1. The van der Waals surface area contributed by atoms with Gasteiger partial charge in [0.15, 0.2) is 0 Å². The third-order valence-corrected chi connectivity index (χ3v) is 5.80. The lowest BCUT2D eigenvalue weighted by atomic mass is 10.2. The topological polar surface area (TPSA) is 41.6 Å². The number of carbonyl (C=O) groups excluding carboxylic acids is 1. The van der Waals surface area contributed by atoms with Gasteiger partial charge in [0.25, 0.3) is 0 Å². The molecule has 0 unspecified atom stereocenters. The number of nitrogens with one attached hydrogen (secondary N) is 1. The van der Waals surface area contributed by atoms with Gasteiger partial charge in [0.05, 0.1) is 11.8 Å². The maximum atomic E-state index is 12.9. The molecule has 6 heteroatoms. The normalized spacial score (nSPS) is 16.8. The van der Waals surface area contributed by atoms with Crippen molar-refractivity contribution in [3.63, 3.8) is 0 Å².